The number of ether oxygens (including phenoxy) is 1. The van der Waals surface area contributed by atoms with E-state index < -0.39 is 11.8 Å². The van der Waals surface area contributed by atoms with Gasteiger partial charge in [-0.05, 0) is 48.7 Å². The lowest BCUT2D eigenvalue weighted by molar-refractivity contribution is -0.148. The summed E-state index contributed by atoms with van der Waals surface area (Å²) in [6.45, 7) is 0. The van der Waals surface area contributed by atoms with Crippen LogP contribution >= 0.6 is 11.6 Å². The fourth-order valence-electron chi connectivity index (χ4n) is 3.53. The highest BCUT2D eigenvalue weighted by molar-refractivity contribution is 6.31. The molecule has 2 N–H and O–H groups in total. The van der Waals surface area contributed by atoms with Crippen LogP contribution in [0.3, 0.4) is 0 Å². The average Bonchev–Trinajstić information content (AvgIpc) is 3.13. The number of halogens is 2. The number of carboxylic acids is 1. The second kappa shape index (κ2) is 7.63. The van der Waals surface area contributed by atoms with Crippen LogP contribution in [0.5, 0.6) is 6.01 Å². The lowest BCUT2D eigenvalue weighted by atomic mass is 9.82. The minimum atomic E-state index is -0.812. The van der Waals surface area contributed by atoms with E-state index in [9.17, 15) is 9.18 Å². The van der Waals surface area contributed by atoms with Gasteiger partial charge in [-0.15, -0.1) is 0 Å². The average molecular weight is 439 g/mol. The van der Waals surface area contributed by atoms with Crippen LogP contribution in [0.15, 0.2) is 48.8 Å². The number of benzene rings is 2. The molecule has 0 atom stereocenters. The van der Waals surface area contributed by atoms with Crippen molar-refractivity contribution >= 4 is 28.6 Å². The number of fused-ring (bicyclic) bond motifs is 1. The Hall–Kier alpha value is -3.52. The highest BCUT2D eigenvalue weighted by Gasteiger charge is 2.36. The number of nitrogens with one attached hydrogen (secondary N) is 1. The van der Waals surface area contributed by atoms with Crippen LogP contribution in [0.25, 0.3) is 33.5 Å². The lowest BCUT2D eigenvalue weighted by Crippen LogP contribution is -2.38. The summed E-state index contributed by atoms with van der Waals surface area (Å²) in [7, 11) is 0. The fourth-order valence-corrected chi connectivity index (χ4v) is 3.70. The highest BCUT2D eigenvalue weighted by atomic mass is 35.5. The number of aromatic nitrogens is 4. The Morgan fingerprint density at radius 1 is 1.13 bits per heavy atom. The highest BCUT2D eigenvalue weighted by Crippen LogP contribution is 2.31. The molecule has 0 radical (unpaired) electrons. The van der Waals surface area contributed by atoms with Crippen LogP contribution in [-0.2, 0) is 4.79 Å². The first kappa shape index (κ1) is 19.4. The van der Waals surface area contributed by atoms with E-state index in [0.717, 1.165) is 5.52 Å². The summed E-state index contributed by atoms with van der Waals surface area (Å²) >= 11 is 5.99. The first-order chi connectivity index (χ1) is 15.0. The predicted octanol–water partition coefficient (Wildman–Crippen LogP) is 4.72. The number of hydrogen-bond donors (Lipinski definition) is 2. The number of H-pyrrole nitrogens is 1. The van der Waals surface area contributed by atoms with Gasteiger partial charge in [-0.3, -0.25) is 4.79 Å². The topological polar surface area (TPSA) is 101 Å². The smallest absolute Gasteiger partial charge is 0.316 e. The van der Waals surface area contributed by atoms with Crippen molar-refractivity contribution in [1.29, 1.82) is 0 Å². The van der Waals surface area contributed by atoms with Gasteiger partial charge in [-0.2, -0.15) is 0 Å². The first-order valence-corrected chi connectivity index (χ1v) is 10.0. The number of carboxylic acid groups (broad SMARTS) is 1. The molecule has 1 saturated carbocycles. The van der Waals surface area contributed by atoms with Gasteiger partial charge >= 0.3 is 12.0 Å². The molecule has 0 saturated heterocycles. The number of aliphatic carboxylic acids is 1. The van der Waals surface area contributed by atoms with Crippen molar-refractivity contribution < 1.29 is 19.0 Å². The molecule has 2 aromatic carbocycles. The van der Waals surface area contributed by atoms with Crippen LogP contribution < -0.4 is 4.74 Å². The van der Waals surface area contributed by atoms with Crippen LogP contribution in [0.2, 0.25) is 5.02 Å². The number of hydrogen-bond acceptors (Lipinski definition) is 5. The summed E-state index contributed by atoms with van der Waals surface area (Å²) in [4.78, 5) is 26.7. The third kappa shape index (κ3) is 3.82. The van der Waals surface area contributed by atoms with Gasteiger partial charge in [0.25, 0.3) is 0 Å². The molecule has 0 bridgehead atoms. The van der Waals surface area contributed by atoms with Crippen molar-refractivity contribution in [2.75, 3.05) is 0 Å². The van der Waals surface area contributed by atoms with E-state index in [-0.39, 0.29) is 18.0 Å². The summed E-state index contributed by atoms with van der Waals surface area (Å²) in [5, 5.41) is 9.48. The van der Waals surface area contributed by atoms with E-state index >= 15 is 0 Å². The normalized spacial score (nSPS) is 18.0. The molecule has 1 aliphatic carbocycles. The van der Waals surface area contributed by atoms with Crippen molar-refractivity contribution in [2.24, 2.45) is 5.92 Å². The zero-order chi connectivity index (χ0) is 21.5. The summed E-state index contributed by atoms with van der Waals surface area (Å²) in [5.41, 5.74) is 3.02. The molecular weight excluding hydrogens is 423 g/mol. The predicted molar refractivity (Wildman–Crippen MR) is 112 cm³/mol. The van der Waals surface area contributed by atoms with Gasteiger partial charge in [-0.1, -0.05) is 17.7 Å². The van der Waals surface area contributed by atoms with Crippen molar-refractivity contribution in [3.63, 3.8) is 0 Å². The number of rotatable bonds is 5. The molecule has 2 aromatic heterocycles. The minimum Gasteiger partial charge on any atom is -0.481 e. The zero-order valence-corrected chi connectivity index (χ0v) is 16.8. The Morgan fingerprint density at radius 2 is 1.90 bits per heavy atom. The summed E-state index contributed by atoms with van der Waals surface area (Å²) in [5.74, 6) is -1.19. The maximum Gasteiger partial charge on any atom is 0.316 e. The molecule has 1 fully saturated rings. The summed E-state index contributed by atoms with van der Waals surface area (Å²) < 4.78 is 20.4. The summed E-state index contributed by atoms with van der Waals surface area (Å²) in [6, 6.07) is 10.3. The number of carbonyl (C=O) groups is 1. The summed E-state index contributed by atoms with van der Waals surface area (Å²) in [6.07, 6.45) is 3.80. The van der Waals surface area contributed by atoms with Crippen LogP contribution in [0, 0.1) is 11.7 Å². The van der Waals surface area contributed by atoms with Gasteiger partial charge in [0.2, 0.25) is 0 Å². The second-order valence-electron chi connectivity index (χ2n) is 7.44. The Kier molecular flexibility index (Phi) is 4.78. The van der Waals surface area contributed by atoms with Crippen LogP contribution in [0.4, 0.5) is 4.39 Å². The Labute approximate surface area is 180 Å². The van der Waals surface area contributed by atoms with Crippen LogP contribution in [-0.4, -0.2) is 37.1 Å². The number of imidazole rings is 1. The molecule has 2 heterocycles. The zero-order valence-electron chi connectivity index (χ0n) is 16.0. The molecule has 5 rings (SSSR count). The van der Waals surface area contributed by atoms with Crippen molar-refractivity contribution in [3.05, 3.63) is 59.6 Å². The van der Waals surface area contributed by atoms with Gasteiger partial charge in [0, 0.05) is 23.0 Å². The Bertz CT molecular complexity index is 1290. The molecule has 4 aromatic rings. The van der Waals surface area contributed by atoms with E-state index in [1.165, 1.54) is 6.07 Å². The minimum absolute atomic E-state index is 0.176. The maximum absolute atomic E-state index is 14.8. The molecular formula is C22H16ClFN4O3. The molecule has 31 heavy (non-hydrogen) atoms. The molecule has 156 valence electrons. The van der Waals surface area contributed by atoms with E-state index in [1.807, 2.05) is 0 Å². The van der Waals surface area contributed by atoms with Crippen LogP contribution in [0.1, 0.15) is 12.8 Å². The second-order valence-corrected chi connectivity index (χ2v) is 7.88. The van der Waals surface area contributed by atoms with Gasteiger partial charge in [0.05, 0.1) is 22.5 Å². The quantitative estimate of drug-likeness (QED) is 0.467. The molecule has 0 amide bonds. The van der Waals surface area contributed by atoms with E-state index in [0.29, 0.717) is 45.9 Å². The molecule has 1 aliphatic rings. The van der Waals surface area contributed by atoms with E-state index in [2.05, 4.69) is 19.9 Å². The fraction of sp³-hybridized carbons (Fsp3) is 0.182. The number of aromatic amines is 1. The van der Waals surface area contributed by atoms with Gasteiger partial charge < -0.3 is 14.8 Å². The third-order valence-electron chi connectivity index (χ3n) is 5.35. The molecule has 9 heteroatoms. The third-order valence-corrected chi connectivity index (χ3v) is 5.58. The Balaban J connectivity index is 1.33. The van der Waals surface area contributed by atoms with Crippen molar-refractivity contribution in [3.8, 4) is 28.5 Å². The largest absolute Gasteiger partial charge is 0.481 e. The first-order valence-electron chi connectivity index (χ1n) is 9.63. The molecule has 0 aliphatic heterocycles. The van der Waals surface area contributed by atoms with Crippen molar-refractivity contribution in [1.82, 2.24) is 19.9 Å². The Morgan fingerprint density at radius 3 is 2.61 bits per heavy atom. The van der Waals surface area contributed by atoms with Gasteiger partial charge in [0.15, 0.2) is 0 Å². The van der Waals surface area contributed by atoms with E-state index in [1.54, 1.807) is 42.7 Å². The molecule has 7 nitrogen and oxygen atoms in total. The van der Waals surface area contributed by atoms with Crippen molar-refractivity contribution in [2.45, 2.75) is 18.9 Å². The molecule has 0 unspecified atom stereocenters. The van der Waals surface area contributed by atoms with Gasteiger partial charge in [0.1, 0.15) is 17.7 Å². The SMILES string of the molecule is O=C(O)[C@H]1C[C@@H](Oc2ncc(-c3ccc(-c4nc5cc(Cl)ccc5[nH]4)c(F)c3)cn2)C1. The maximum atomic E-state index is 14.8. The monoisotopic (exact) mass is 438 g/mol. The lowest BCUT2D eigenvalue weighted by Gasteiger charge is -2.31. The molecule has 0 spiro atoms. The van der Waals surface area contributed by atoms with E-state index in [4.69, 9.17) is 21.4 Å². The standard InChI is InChI=1S/C22H16ClFN4O3/c23-14-2-4-18-19(8-14)28-20(27-18)16-3-1-11(7-17(16)24)13-9-25-22(26-10-13)31-15-5-12(6-15)21(29)30/h1-4,7-10,12,15H,5-6H2,(H,27,28)(H,29,30)/t12-,15+. The number of nitrogens with zero attached hydrogens (tertiary/aromatic N) is 3. The van der Waals surface area contributed by atoms with Gasteiger partial charge in [-0.25, -0.2) is 19.3 Å².